The van der Waals surface area contributed by atoms with Crippen LogP contribution in [0.2, 0.25) is 0 Å². The van der Waals surface area contributed by atoms with E-state index in [1.54, 1.807) is 18.3 Å². The molecule has 0 saturated carbocycles. The van der Waals surface area contributed by atoms with Crippen molar-refractivity contribution in [1.29, 1.82) is 0 Å². The third-order valence-electron chi connectivity index (χ3n) is 7.07. The number of aliphatic carboxylic acids is 1. The first kappa shape index (κ1) is 30.7. The highest BCUT2D eigenvalue weighted by molar-refractivity contribution is 6.05. The average molecular weight is 577 g/mol. The summed E-state index contributed by atoms with van der Waals surface area (Å²) in [5, 5.41) is 32.8. The lowest BCUT2D eigenvalue weighted by Gasteiger charge is -2.20. The van der Waals surface area contributed by atoms with Gasteiger partial charge in [0.1, 0.15) is 17.3 Å². The molecule has 0 aliphatic carbocycles. The predicted octanol–water partition coefficient (Wildman–Crippen LogP) is 5.02. The summed E-state index contributed by atoms with van der Waals surface area (Å²) in [6.07, 6.45) is -0.497. The molecule has 0 saturated heterocycles. The number of carbonyl (C=O) groups excluding carboxylic acids is 1. The molecule has 0 aliphatic rings. The van der Waals surface area contributed by atoms with Gasteiger partial charge in [-0.15, -0.1) is 0 Å². The number of aryl methyl sites for hydroxylation is 1. The van der Waals surface area contributed by atoms with Crippen LogP contribution in [-0.2, 0) is 17.8 Å². The number of nitrogens with zero attached hydrogens (tertiary/aromatic N) is 2. The number of rotatable bonds is 13. The number of hydrogen-bond donors (Lipinski definition) is 5. The SMILES string of the molecule is Cc1cnc(CNC(=O)c2c(-c3ccccc3)c(-c3ccc(F)cc3)c(CC[C@@H](O)C[C@@H](O)CC(=O)O)n2C(C)C)[nH]1. The first-order chi connectivity index (χ1) is 20.0. The van der Waals surface area contributed by atoms with Crippen LogP contribution in [0.15, 0.2) is 60.8 Å². The molecular formula is C32H37FN4O5. The van der Waals surface area contributed by atoms with Gasteiger partial charge in [-0.25, -0.2) is 9.37 Å². The fraction of sp³-hybridized carbons (Fsp3) is 0.344. The lowest BCUT2D eigenvalue weighted by atomic mass is 9.92. The van der Waals surface area contributed by atoms with Crippen LogP contribution in [0.3, 0.4) is 0 Å². The van der Waals surface area contributed by atoms with Crippen LogP contribution in [0.5, 0.6) is 0 Å². The Kier molecular flexibility index (Phi) is 9.92. The summed E-state index contributed by atoms with van der Waals surface area (Å²) in [7, 11) is 0. The Bertz CT molecular complexity index is 1510. The molecule has 4 rings (SSSR count). The number of nitrogens with one attached hydrogen (secondary N) is 2. The highest BCUT2D eigenvalue weighted by Gasteiger charge is 2.30. The van der Waals surface area contributed by atoms with E-state index in [9.17, 15) is 24.2 Å². The number of carboxylic acids is 1. The molecule has 0 spiro atoms. The number of aromatic amines is 1. The van der Waals surface area contributed by atoms with Gasteiger partial charge in [-0.1, -0.05) is 42.5 Å². The first-order valence-electron chi connectivity index (χ1n) is 14.0. The van der Waals surface area contributed by atoms with Gasteiger partial charge >= 0.3 is 5.97 Å². The van der Waals surface area contributed by atoms with Crippen LogP contribution >= 0.6 is 0 Å². The van der Waals surface area contributed by atoms with Gasteiger partial charge < -0.3 is 30.2 Å². The second-order valence-corrected chi connectivity index (χ2v) is 10.8. The number of imidazole rings is 1. The lowest BCUT2D eigenvalue weighted by molar-refractivity contribution is -0.139. The number of H-pyrrole nitrogens is 1. The van der Waals surface area contributed by atoms with Crippen molar-refractivity contribution in [3.8, 4) is 22.3 Å². The molecular weight excluding hydrogens is 539 g/mol. The molecule has 4 aromatic rings. The van der Waals surface area contributed by atoms with Crippen molar-refractivity contribution < 1.29 is 29.3 Å². The summed E-state index contributed by atoms with van der Waals surface area (Å²) in [6, 6.07) is 15.4. The third-order valence-corrected chi connectivity index (χ3v) is 7.07. The fourth-order valence-corrected chi connectivity index (χ4v) is 5.31. The summed E-state index contributed by atoms with van der Waals surface area (Å²) >= 11 is 0. The molecule has 2 atom stereocenters. The summed E-state index contributed by atoms with van der Waals surface area (Å²) in [5.74, 6) is -1.23. The Labute approximate surface area is 244 Å². The lowest BCUT2D eigenvalue weighted by Crippen LogP contribution is -2.28. The van der Waals surface area contributed by atoms with Crippen LogP contribution in [0.4, 0.5) is 4.39 Å². The Hall–Kier alpha value is -4.28. The molecule has 0 radical (unpaired) electrons. The number of carbonyl (C=O) groups is 2. The number of carboxylic acid groups (broad SMARTS) is 1. The minimum Gasteiger partial charge on any atom is -0.481 e. The van der Waals surface area contributed by atoms with Crippen molar-refractivity contribution in [3.05, 3.63) is 89.5 Å². The normalized spacial score (nSPS) is 12.8. The van der Waals surface area contributed by atoms with Crippen LogP contribution in [0, 0.1) is 12.7 Å². The number of halogens is 1. The van der Waals surface area contributed by atoms with E-state index in [1.165, 1.54) is 12.1 Å². The van der Waals surface area contributed by atoms with Crippen LogP contribution in [0.25, 0.3) is 22.3 Å². The molecule has 0 unspecified atom stereocenters. The van der Waals surface area contributed by atoms with Crippen molar-refractivity contribution in [2.24, 2.45) is 0 Å². The molecule has 10 heteroatoms. The second-order valence-electron chi connectivity index (χ2n) is 10.8. The van der Waals surface area contributed by atoms with Crippen molar-refractivity contribution in [2.75, 3.05) is 0 Å². The van der Waals surface area contributed by atoms with E-state index in [4.69, 9.17) is 5.11 Å². The largest absolute Gasteiger partial charge is 0.481 e. The third kappa shape index (κ3) is 7.32. The molecule has 2 aromatic carbocycles. The van der Waals surface area contributed by atoms with Gasteiger partial charge in [-0.3, -0.25) is 9.59 Å². The average Bonchev–Trinajstić information content (AvgIpc) is 3.52. The smallest absolute Gasteiger partial charge is 0.305 e. The van der Waals surface area contributed by atoms with Crippen molar-refractivity contribution in [3.63, 3.8) is 0 Å². The van der Waals surface area contributed by atoms with E-state index in [0.29, 0.717) is 29.1 Å². The van der Waals surface area contributed by atoms with E-state index in [1.807, 2.05) is 55.7 Å². The highest BCUT2D eigenvalue weighted by atomic mass is 19.1. The summed E-state index contributed by atoms with van der Waals surface area (Å²) in [5.41, 5.74) is 5.00. The van der Waals surface area contributed by atoms with E-state index in [0.717, 1.165) is 22.5 Å². The number of aromatic nitrogens is 3. The van der Waals surface area contributed by atoms with Crippen LogP contribution in [0.1, 0.15) is 66.9 Å². The molecule has 0 bridgehead atoms. The summed E-state index contributed by atoms with van der Waals surface area (Å²) < 4.78 is 16.0. The summed E-state index contributed by atoms with van der Waals surface area (Å²) in [4.78, 5) is 32.4. The quantitative estimate of drug-likeness (QED) is 0.151. The van der Waals surface area contributed by atoms with Gasteiger partial charge in [-0.05, 0) is 63.3 Å². The van der Waals surface area contributed by atoms with Crippen molar-refractivity contribution in [1.82, 2.24) is 19.9 Å². The Balaban J connectivity index is 1.85. The molecule has 42 heavy (non-hydrogen) atoms. The second kappa shape index (κ2) is 13.6. The zero-order chi connectivity index (χ0) is 30.4. The van der Waals surface area contributed by atoms with Crippen LogP contribution in [-0.4, -0.2) is 53.9 Å². The van der Waals surface area contributed by atoms with Gasteiger partial charge in [0.2, 0.25) is 0 Å². The topological polar surface area (TPSA) is 140 Å². The zero-order valence-corrected chi connectivity index (χ0v) is 24.0. The summed E-state index contributed by atoms with van der Waals surface area (Å²) in [6.45, 7) is 6.00. The Morgan fingerprint density at radius 3 is 2.26 bits per heavy atom. The molecule has 5 N–H and O–H groups in total. The number of aliphatic hydroxyl groups excluding tert-OH is 2. The maximum absolute atomic E-state index is 14.0. The van der Waals surface area contributed by atoms with Crippen LogP contribution < -0.4 is 5.32 Å². The number of benzene rings is 2. The highest BCUT2D eigenvalue weighted by Crippen LogP contribution is 2.42. The van der Waals surface area contributed by atoms with E-state index >= 15 is 0 Å². The van der Waals surface area contributed by atoms with Gasteiger partial charge in [0, 0.05) is 34.8 Å². The predicted molar refractivity (Wildman–Crippen MR) is 157 cm³/mol. The van der Waals surface area contributed by atoms with Gasteiger partial charge in [0.25, 0.3) is 5.91 Å². The van der Waals surface area contributed by atoms with E-state index < -0.39 is 24.6 Å². The van der Waals surface area contributed by atoms with E-state index in [-0.39, 0.29) is 37.2 Å². The number of amides is 1. The minimum atomic E-state index is -1.18. The maximum Gasteiger partial charge on any atom is 0.305 e. The zero-order valence-electron chi connectivity index (χ0n) is 24.0. The fourth-order valence-electron chi connectivity index (χ4n) is 5.31. The molecule has 2 aromatic heterocycles. The van der Waals surface area contributed by atoms with Gasteiger partial charge in [0.05, 0.1) is 25.2 Å². The minimum absolute atomic E-state index is 0.0952. The maximum atomic E-state index is 14.0. The molecule has 0 fully saturated rings. The van der Waals surface area contributed by atoms with Crippen molar-refractivity contribution in [2.45, 2.75) is 71.2 Å². The molecule has 2 heterocycles. The molecule has 0 aliphatic heterocycles. The molecule has 9 nitrogen and oxygen atoms in total. The Morgan fingerprint density at radius 2 is 1.67 bits per heavy atom. The van der Waals surface area contributed by atoms with E-state index in [2.05, 4.69) is 15.3 Å². The van der Waals surface area contributed by atoms with Gasteiger partial charge in [0.15, 0.2) is 0 Å². The number of aliphatic hydroxyl groups is 2. The standard InChI is InChI=1S/C32H37FN4O5/c1-19(2)37-26(14-13-24(38)15-25(39)16-28(40)41)29(22-9-11-23(33)12-10-22)30(21-7-5-4-6-8-21)31(37)32(42)35-18-27-34-17-20(3)36-27/h4-12,17,19,24-25,38-39H,13-16,18H2,1-3H3,(H,34,36)(H,35,42)(H,40,41)/t24-,25-/m1/s1. The molecule has 1 amide bonds. The monoisotopic (exact) mass is 576 g/mol. The first-order valence-corrected chi connectivity index (χ1v) is 14.0. The Morgan fingerprint density at radius 1 is 1.00 bits per heavy atom. The van der Waals surface area contributed by atoms with Gasteiger partial charge in [-0.2, -0.15) is 0 Å². The number of hydrogen-bond acceptors (Lipinski definition) is 5. The van der Waals surface area contributed by atoms with Crippen molar-refractivity contribution >= 4 is 11.9 Å². The molecule has 222 valence electrons.